The summed E-state index contributed by atoms with van der Waals surface area (Å²) in [4.78, 5) is 14.8. The van der Waals surface area contributed by atoms with Crippen LogP contribution in [0.2, 0.25) is 0 Å². The quantitative estimate of drug-likeness (QED) is 0.729. The van der Waals surface area contributed by atoms with Gasteiger partial charge in [0.2, 0.25) is 0 Å². The van der Waals surface area contributed by atoms with Gasteiger partial charge in [-0.1, -0.05) is 31.2 Å². The van der Waals surface area contributed by atoms with E-state index in [9.17, 15) is 4.79 Å². The van der Waals surface area contributed by atoms with E-state index >= 15 is 0 Å². The number of hydrogen-bond donors (Lipinski definition) is 1. The van der Waals surface area contributed by atoms with Gasteiger partial charge in [0.05, 0.1) is 0 Å². The molecule has 1 atom stereocenters. The van der Waals surface area contributed by atoms with Gasteiger partial charge in [0, 0.05) is 25.3 Å². The molecule has 4 heteroatoms. The lowest BCUT2D eigenvalue weighted by molar-refractivity contribution is -0.128. The Hall–Kier alpha value is -2.49. The van der Waals surface area contributed by atoms with Crippen molar-refractivity contribution in [1.82, 2.24) is 5.32 Å². The summed E-state index contributed by atoms with van der Waals surface area (Å²) < 4.78 is 5.86. The Kier molecular flexibility index (Phi) is 7.52. The Morgan fingerprint density at radius 3 is 2.35 bits per heavy atom. The molecule has 0 heterocycles. The van der Waals surface area contributed by atoms with Gasteiger partial charge in [-0.2, -0.15) is 0 Å². The van der Waals surface area contributed by atoms with Crippen LogP contribution in [0.5, 0.6) is 5.75 Å². The van der Waals surface area contributed by atoms with Crippen LogP contribution in [-0.2, 0) is 11.3 Å². The molecule has 140 valence electrons. The van der Waals surface area contributed by atoms with E-state index in [-0.39, 0.29) is 5.91 Å². The van der Waals surface area contributed by atoms with Crippen molar-refractivity contribution in [2.75, 3.05) is 18.0 Å². The van der Waals surface area contributed by atoms with Crippen LogP contribution in [0, 0.1) is 6.92 Å². The van der Waals surface area contributed by atoms with Gasteiger partial charge in [-0.25, -0.2) is 0 Å². The topological polar surface area (TPSA) is 41.6 Å². The van der Waals surface area contributed by atoms with E-state index in [2.05, 4.69) is 48.3 Å². The molecule has 0 aliphatic carbocycles. The monoisotopic (exact) mass is 354 g/mol. The highest BCUT2D eigenvalue weighted by molar-refractivity contribution is 5.81. The first kappa shape index (κ1) is 19.8. The number of amides is 1. The number of carbonyl (C=O) groups excluding carboxylic acids is 1. The number of hydrogen-bond acceptors (Lipinski definition) is 3. The molecule has 0 saturated carbocycles. The van der Waals surface area contributed by atoms with Crippen molar-refractivity contribution >= 4 is 11.6 Å². The van der Waals surface area contributed by atoms with Gasteiger partial charge in [-0.3, -0.25) is 4.79 Å². The normalized spacial score (nSPS) is 11.7. The summed E-state index contributed by atoms with van der Waals surface area (Å²) in [6.45, 7) is 10.7. The SMILES string of the molecule is CC[C@@H](Oc1cccc(C)c1)C(=O)NCc1ccc(N(CC)CC)cc1. The van der Waals surface area contributed by atoms with Crippen molar-refractivity contribution in [2.24, 2.45) is 0 Å². The highest BCUT2D eigenvalue weighted by Crippen LogP contribution is 2.17. The van der Waals surface area contributed by atoms with Crippen molar-refractivity contribution in [3.63, 3.8) is 0 Å². The summed E-state index contributed by atoms with van der Waals surface area (Å²) >= 11 is 0. The average molecular weight is 354 g/mol. The number of nitrogens with zero attached hydrogens (tertiary/aromatic N) is 1. The van der Waals surface area contributed by atoms with Crippen LogP contribution in [0.3, 0.4) is 0 Å². The molecule has 0 radical (unpaired) electrons. The van der Waals surface area contributed by atoms with Gasteiger partial charge in [0.1, 0.15) is 5.75 Å². The van der Waals surface area contributed by atoms with Crippen molar-refractivity contribution in [3.8, 4) is 5.75 Å². The zero-order chi connectivity index (χ0) is 18.9. The van der Waals surface area contributed by atoms with Crippen molar-refractivity contribution in [2.45, 2.75) is 46.8 Å². The standard InChI is InChI=1S/C22H30N2O2/c1-5-21(26-20-10-8-9-17(4)15-20)22(25)23-16-18-11-13-19(14-12-18)24(6-2)7-3/h8-15,21H,5-7,16H2,1-4H3,(H,23,25)/t21-/m1/s1. The van der Waals surface area contributed by atoms with E-state index in [1.807, 2.05) is 38.1 Å². The Bertz CT molecular complexity index is 694. The van der Waals surface area contributed by atoms with Gasteiger partial charge in [0.25, 0.3) is 5.91 Å². The second-order valence-corrected chi connectivity index (χ2v) is 6.39. The van der Waals surface area contributed by atoms with Crippen LogP contribution in [0.1, 0.15) is 38.3 Å². The summed E-state index contributed by atoms with van der Waals surface area (Å²) in [5.74, 6) is 0.650. The molecule has 2 rings (SSSR count). The molecule has 1 N–H and O–H groups in total. The molecule has 0 saturated heterocycles. The lowest BCUT2D eigenvalue weighted by atomic mass is 10.1. The Morgan fingerprint density at radius 1 is 1.08 bits per heavy atom. The smallest absolute Gasteiger partial charge is 0.261 e. The third-order valence-corrected chi connectivity index (χ3v) is 4.46. The molecular formula is C22H30N2O2. The lowest BCUT2D eigenvalue weighted by Crippen LogP contribution is -2.37. The number of anilines is 1. The molecule has 0 aromatic heterocycles. The minimum Gasteiger partial charge on any atom is -0.481 e. The summed E-state index contributed by atoms with van der Waals surface area (Å²) in [5, 5.41) is 2.98. The molecule has 26 heavy (non-hydrogen) atoms. The van der Waals surface area contributed by atoms with Crippen LogP contribution < -0.4 is 15.0 Å². The van der Waals surface area contributed by atoms with Crippen molar-refractivity contribution < 1.29 is 9.53 Å². The lowest BCUT2D eigenvalue weighted by Gasteiger charge is -2.21. The highest BCUT2D eigenvalue weighted by Gasteiger charge is 2.18. The maximum Gasteiger partial charge on any atom is 0.261 e. The second kappa shape index (κ2) is 9.85. The van der Waals surface area contributed by atoms with Crippen LogP contribution in [0.15, 0.2) is 48.5 Å². The van der Waals surface area contributed by atoms with E-state index in [0.717, 1.165) is 30.0 Å². The molecule has 1 amide bonds. The van der Waals surface area contributed by atoms with E-state index < -0.39 is 6.10 Å². The Balaban J connectivity index is 1.91. The first-order valence-electron chi connectivity index (χ1n) is 9.42. The minimum absolute atomic E-state index is 0.0816. The molecule has 0 spiro atoms. The molecule has 0 bridgehead atoms. The molecule has 0 aliphatic heterocycles. The molecule has 4 nitrogen and oxygen atoms in total. The number of carbonyl (C=O) groups is 1. The summed E-state index contributed by atoms with van der Waals surface area (Å²) in [6.07, 6.45) is 0.146. The summed E-state index contributed by atoms with van der Waals surface area (Å²) in [7, 11) is 0. The van der Waals surface area contributed by atoms with Gasteiger partial charge in [-0.15, -0.1) is 0 Å². The third-order valence-electron chi connectivity index (χ3n) is 4.46. The summed E-state index contributed by atoms with van der Waals surface area (Å²) in [6, 6.07) is 16.1. The van der Waals surface area contributed by atoms with Crippen molar-refractivity contribution in [1.29, 1.82) is 0 Å². The number of benzene rings is 2. The van der Waals surface area contributed by atoms with Crippen LogP contribution in [0.4, 0.5) is 5.69 Å². The maximum absolute atomic E-state index is 12.5. The fraction of sp³-hybridized carbons (Fsp3) is 0.409. The molecule has 0 fully saturated rings. The van der Waals surface area contributed by atoms with Gasteiger partial charge in [-0.05, 0) is 62.6 Å². The molecule has 2 aromatic carbocycles. The molecule has 0 aliphatic rings. The first-order valence-corrected chi connectivity index (χ1v) is 9.42. The predicted octanol–water partition coefficient (Wildman–Crippen LogP) is 4.32. The van der Waals surface area contributed by atoms with E-state index in [4.69, 9.17) is 4.74 Å². The largest absolute Gasteiger partial charge is 0.481 e. The minimum atomic E-state index is -0.480. The zero-order valence-corrected chi connectivity index (χ0v) is 16.3. The fourth-order valence-corrected chi connectivity index (χ4v) is 2.89. The molecule has 2 aromatic rings. The van der Waals surface area contributed by atoms with Gasteiger partial charge < -0.3 is 15.0 Å². The van der Waals surface area contributed by atoms with Gasteiger partial charge >= 0.3 is 0 Å². The third kappa shape index (κ3) is 5.51. The predicted molar refractivity (Wildman–Crippen MR) is 108 cm³/mol. The summed E-state index contributed by atoms with van der Waals surface area (Å²) in [5.41, 5.74) is 3.41. The second-order valence-electron chi connectivity index (χ2n) is 6.39. The van der Waals surface area contributed by atoms with Crippen LogP contribution in [0.25, 0.3) is 0 Å². The number of aryl methyl sites for hydroxylation is 1. The molecular weight excluding hydrogens is 324 g/mol. The number of rotatable bonds is 9. The average Bonchev–Trinajstić information content (AvgIpc) is 2.66. The van der Waals surface area contributed by atoms with E-state index in [1.54, 1.807) is 0 Å². The van der Waals surface area contributed by atoms with E-state index in [0.29, 0.717) is 13.0 Å². The van der Waals surface area contributed by atoms with Crippen LogP contribution >= 0.6 is 0 Å². The number of ether oxygens (including phenoxy) is 1. The van der Waals surface area contributed by atoms with Crippen molar-refractivity contribution in [3.05, 3.63) is 59.7 Å². The Morgan fingerprint density at radius 2 is 1.77 bits per heavy atom. The first-order chi connectivity index (χ1) is 12.6. The maximum atomic E-state index is 12.5. The van der Waals surface area contributed by atoms with Gasteiger partial charge in [0.15, 0.2) is 6.10 Å². The zero-order valence-electron chi connectivity index (χ0n) is 16.3. The van der Waals surface area contributed by atoms with E-state index in [1.165, 1.54) is 5.69 Å². The molecule has 0 unspecified atom stereocenters. The van der Waals surface area contributed by atoms with Crippen LogP contribution in [-0.4, -0.2) is 25.1 Å². The highest BCUT2D eigenvalue weighted by atomic mass is 16.5. The fourth-order valence-electron chi connectivity index (χ4n) is 2.89. The number of nitrogens with one attached hydrogen (secondary N) is 1. The Labute approximate surface area is 157 Å².